The zero-order chi connectivity index (χ0) is 21.2. The fourth-order valence-electron chi connectivity index (χ4n) is 3.98. The predicted octanol–water partition coefficient (Wildman–Crippen LogP) is 4.78. The zero-order valence-electron chi connectivity index (χ0n) is 18.2. The number of amides is 2. The SMILES string of the molecule is CCCN(CC(=O)N1CCc2sccc2C1c1ccc(C(C)(C)C)cc1)C(C)=O. The molecule has 0 bridgehead atoms. The fraction of sp³-hybridized carbons (Fsp3) is 0.500. The molecule has 1 aliphatic rings. The Kier molecular flexibility index (Phi) is 6.47. The highest BCUT2D eigenvalue weighted by Gasteiger charge is 2.33. The monoisotopic (exact) mass is 412 g/mol. The Morgan fingerprint density at radius 3 is 2.45 bits per heavy atom. The number of nitrogens with zero attached hydrogens (tertiary/aromatic N) is 2. The number of carbonyl (C=O) groups excluding carboxylic acids is 2. The van der Waals surface area contributed by atoms with Gasteiger partial charge >= 0.3 is 0 Å². The molecule has 3 rings (SSSR count). The smallest absolute Gasteiger partial charge is 0.242 e. The van der Waals surface area contributed by atoms with Crippen LogP contribution in [-0.4, -0.2) is 41.2 Å². The van der Waals surface area contributed by atoms with Gasteiger partial charge in [0.25, 0.3) is 0 Å². The van der Waals surface area contributed by atoms with Crippen LogP contribution >= 0.6 is 11.3 Å². The van der Waals surface area contributed by atoms with Crippen LogP contribution in [0.4, 0.5) is 0 Å². The van der Waals surface area contributed by atoms with Gasteiger partial charge in [-0.05, 0) is 46.4 Å². The second-order valence-corrected chi connectivity index (χ2v) is 9.85. The first kappa shape index (κ1) is 21.6. The molecule has 4 nitrogen and oxygen atoms in total. The first-order chi connectivity index (χ1) is 13.7. The van der Waals surface area contributed by atoms with Gasteiger partial charge in [0.2, 0.25) is 11.8 Å². The standard InChI is InChI=1S/C24H32N2O2S/c1-6-13-25(17(2)27)16-22(28)26-14-11-21-20(12-15-29-21)23(26)18-7-9-19(10-8-18)24(3,4)5/h7-10,12,15,23H,6,11,13-14,16H2,1-5H3. The summed E-state index contributed by atoms with van der Waals surface area (Å²) in [6.45, 7) is 11.6. The Bertz CT molecular complexity index is 864. The lowest BCUT2D eigenvalue weighted by molar-refractivity contribution is -0.140. The van der Waals surface area contributed by atoms with Crippen LogP contribution in [-0.2, 0) is 21.4 Å². The fourth-order valence-corrected chi connectivity index (χ4v) is 4.89. The lowest BCUT2D eigenvalue weighted by Crippen LogP contribution is -2.46. The minimum absolute atomic E-state index is 0.0235. The van der Waals surface area contributed by atoms with Crippen LogP contribution in [0.15, 0.2) is 35.7 Å². The summed E-state index contributed by atoms with van der Waals surface area (Å²) in [6.07, 6.45) is 1.72. The molecule has 1 aliphatic heterocycles. The van der Waals surface area contributed by atoms with Crippen LogP contribution in [0.1, 0.15) is 68.6 Å². The second kappa shape index (κ2) is 8.70. The molecular weight excluding hydrogens is 380 g/mol. The van der Waals surface area contributed by atoms with Crippen molar-refractivity contribution in [3.8, 4) is 0 Å². The molecule has 0 radical (unpaired) electrons. The Hall–Kier alpha value is -2.14. The van der Waals surface area contributed by atoms with Gasteiger partial charge in [-0.3, -0.25) is 9.59 Å². The first-order valence-corrected chi connectivity index (χ1v) is 11.3. The van der Waals surface area contributed by atoms with E-state index in [1.165, 1.54) is 16.0 Å². The number of fused-ring (bicyclic) bond motifs is 1. The van der Waals surface area contributed by atoms with Crippen molar-refractivity contribution < 1.29 is 9.59 Å². The van der Waals surface area contributed by atoms with Crippen LogP contribution in [0.25, 0.3) is 0 Å². The van der Waals surface area contributed by atoms with Gasteiger partial charge in [0, 0.05) is 24.9 Å². The van der Waals surface area contributed by atoms with Crippen molar-refractivity contribution in [2.45, 2.75) is 58.9 Å². The van der Waals surface area contributed by atoms with Crippen molar-refractivity contribution in [3.05, 3.63) is 57.3 Å². The molecule has 0 fully saturated rings. The van der Waals surface area contributed by atoms with E-state index in [1.54, 1.807) is 23.2 Å². The lowest BCUT2D eigenvalue weighted by Gasteiger charge is -2.37. The van der Waals surface area contributed by atoms with Gasteiger partial charge in [-0.2, -0.15) is 0 Å². The van der Waals surface area contributed by atoms with E-state index in [-0.39, 0.29) is 29.8 Å². The molecule has 2 heterocycles. The highest BCUT2D eigenvalue weighted by molar-refractivity contribution is 7.10. The minimum atomic E-state index is -0.0815. The highest BCUT2D eigenvalue weighted by Crippen LogP contribution is 2.38. The van der Waals surface area contributed by atoms with Crippen molar-refractivity contribution in [2.75, 3.05) is 19.6 Å². The van der Waals surface area contributed by atoms with E-state index in [0.29, 0.717) is 13.1 Å². The van der Waals surface area contributed by atoms with E-state index in [2.05, 4.69) is 56.5 Å². The lowest BCUT2D eigenvalue weighted by atomic mass is 9.85. The molecule has 2 amide bonds. The van der Waals surface area contributed by atoms with Crippen LogP contribution < -0.4 is 0 Å². The molecule has 0 spiro atoms. The van der Waals surface area contributed by atoms with E-state index in [9.17, 15) is 9.59 Å². The quantitative estimate of drug-likeness (QED) is 0.709. The summed E-state index contributed by atoms with van der Waals surface area (Å²) in [5.74, 6) is -0.0186. The molecule has 0 saturated heterocycles. The van der Waals surface area contributed by atoms with E-state index in [1.807, 2.05) is 11.8 Å². The Morgan fingerprint density at radius 2 is 1.86 bits per heavy atom. The molecular formula is C24H32N2O2S. The third-order valence-electron chi connectivity index (χ3n) is 5.64. The maximum atomic E-state index is 13.3. The van der Waals surface area contributed by atoms with Crippen molar-refractivity contribution in [1.29, 1.82) is 0 Å². The molecule has 5 heteroatoms. The Morgan fingerprint density at radius 1 is 1.17 bits per heavy atom. The molecule has 1 aromatic heterocycles. The van der Waals surface area contributed by atoms with Gasteiger partial charge in [-0.1, -0.05) is 52.0 Å². The molecule has 0 saturated carbocycles. The number of hydrogen-bond acceptors (Lipinski definition) is 3. The van der Waals surface area contributed by atoms with Gasteiger partial charge in [0.15, 0.2) is 0 Å². The minimum Gasteiger partial charge on any atom is -0.334 e. The van der Waals surface area contributed by atoms with E-state index >= 15 is 0 Å². The molecule has 1 atom stereocenters. The molecule has 0 aliphatic carbocycles. The van der Waals surface area contributed by atoms with Crippen molar-refractivity contribution in [1.82, 2.24) is 9.80 Å². The molecule has 1 aromatic carbocycles. The second-order valence-electron chi connectivity index (χ2n) is 8.85. The molecule has 156 valence electrons. The van der Waals surface area contributed by atoms with Crippen molar-refractivity contribution in [2.24, 2.45) is 0 Å². The summed E-state index contributed by atoms with van der Waals surface area (Å²) in [5, 5.41) is 2.12. The Labute approximate surface area is 178 Å². The summed E-state index contributed by atoms with van der Waals surface area (Å²) in [6, 6.07) is 10.7. The number of rotatable bonds is 5. The summed E-state index contributed by atoms with van der Waals surface area (Å²) in [7, 11) is 0. The largest absolute Gasteiger partial charge is 0.334 e. The number of benzene rings is 1. The third-order valence-corrected chi connectivity index (χ3v) is 6.64. The zero-order valence-corrected chi connectivity index (χ0v) is 19.0. The van der Waals surface area contributed by atoms with E-state index < -0.39 is 0 Å². The third kappa shape index (κ3) is 4.72. The molecule has 29 heavy (non-hydrogen) atoms. The molecule has 1 unspecified atom stereocenters. The summed E-state index contributed by atoms with van der Waals surface area (Å²) < 4.78 is 0. The van der Waals surface area contributed by atoms with Gasteiger partial charge in [0.05, 0.1) is 12.6 Å². The molecule has 0 N–H and O–H groups in total. The summed E-state index contributed by atoms with van der Waals surface area (Å²) in [4.78, 5) is 30.2. The maximum Gasteiger partial charge on any atom is 0.242 e. The number of hydrogen-bond donors (Lipinski definition) is 0. The van der Waals surface area contributed by atoms with Crippen molar-refractivity contribution >= 4 is 23.2 Å². The molecule has 2 aromatic rings. The first-order valence-electron chi connectivity index (χ1n) is 10.4. The van der Waals surface area contributed by atoms with Crippen LogP contribution in [0.2, 0.25) is 0 Å². The predicted molar refractivity (Wildman–Crippen MR) is 119 cm³/mol. The van der Waals surface area contributed by atoms with Crippen LogP contribution in [0.3, 0.4) is 0 Å². The maximum absolute atomic E-state index is 13.3. The van der Waals surface area contributed by atoms with E-state index in [0.717, 1.165) is 18.4 Å². The summed E-state index contributed by atoms with van der Waals surface area (Å²) in [5.41, 5.74) is 3.74. The number of carbonyl (C=O) groups is 2. The highest BCUT2D eigenvalue weighted by atomic mass is 32.1. The Balaban J connectivity index is 1.92. The van der Waals surface area contributed by atoms with Gasteiger partial charge in [0.1, 0.15) is 0 Å². The topological polar surface area (TPSA) is 40.6 Å². The average molecular weight is 413 g/mol. The average Bonchev–Trinajstić information content (AvgIpc) is 3.15. The van der Waals surface area contributed by atoms with Gasteiger partial charge in [-0.25, -0.2) is 0 Å². The van der Waals surface area contributed by atoms with Crippen molar-refractivity contribution in [3.63, 3.8) is 0 Å². The summed E-state index contributed by atoms with van der Waals surface area (Å²) >= 11 is 1.77. The van der Waals surface area contributed by atoms with Gasteiger partial charge in [-0.15, -0.1) is 11.3 Å². The van der Waals surface area contributed by atoms with Crippen LogP contribution in [0, 0.1) is 0 Å². The van der Waals surface area contributed by atoms with Crippen LogP contribution in [0.5, 0.6) is 0 Å². The van der Waals surface area contributed by atoms with Gasteiger partial charge < -0.3 is 9.80 Å². The number of thiophene rings is 1. The van der Waals surface area contributed by atoms with E-state index in [4.69, 9.17) is 0 Å². The normalized spacial score (nSPS) is 16.4.